The zero-order valence-electron chi connectivity index (χ0n) is 11.5. The van der Waals surface area contributed by atoms with E-state index in [-0.39, 0.29) is 11.9 Å². The molecule has 106 valence electrons. The predicted molar refractivity (Wildman–Crippen MR) is 78.5 cm³/mol. The molecule has 20 heavy (non-hydrogen) atoms. The largest absolute Gasteiger partial charge is 0.383 e. The van der Waals surface area contributed by atoms with Crippen molar-refractivity contribution in [2.45, 2.75) is 12.5 Å². The Balaban J connectivity index is 1.94. The lowest BCUT2D eigenvalue weighted by Crippen LogP contribution is -2.33. The van der Waals surface area contributed by atoms with Crippen LogP contribution in [0.5, 0.6) is 0 Å². The van der Waals surface area contributed by atoms with Crippen molar-refractivity contribution in [1.82, 2.24) is 10.3 Å². The predicted octanol–water partition coefficient (Wildman–Crippen LogP) is 1.33. The van der Waals surface area contributed by atoms with Gasteiger partial charge in [-0.15, -0.1) is 0 Å². The number of carbonyl (C=O) groups is 1. The van der Waals surface area contributed by atoms with E-state index in [0.717, 1.165) is 10.9 Å². The number of rotatable bonds is 6. The van der Waals surface area contributed by atoms with Crippen LogP contribution in [0.1, 0.15) is 16.9 Å². The molecule has 1 unspecified atom stereocenters. The van der Waals surface area contributed by atoms with Crippen LogP contribution < -0.4 is 11.1 Å². The van der Waals surface area contributed by atoms with Gasteiger partial charge >= 0.3 is 0 Å². The summed E-state index contributed by atoms with van der Waals surface area (Å²) in [5, 5.41) is 3.84. The molecule has 0 bridgehead atoms. The standard InChI is InChI=1S/C15H19N3O2/c1-20-10-12(16)8-9-17-15(19)14-7-6-11-4-2-3-5-13(11)18-14/h2-7,12H,8-10,16H2,1H3,(H,17,19). The van der Waals surface area contributed by atoms with Crippen molar-refractivity contribution >= 4 is 16.8 Å². The van der Waals surface area contributed by atoms with Crippen LogP contribution in [-0.4, -0.2) is 37.2 Å². The Hall–Kier alpha value is -1.98. The van der Waals surface area contributed by atoms with Crippen LogP contribution in [-0.2, 0) is 4.74 Å². The number of benzene rings is 1. The van der Waals surface area contributed by atoms with Crippen LogP contribution in [0, 0.1) is 0 Å². The van der Waals surface area contributed by atoms with Crippen molar-refractivity contribution in [3.63, 3.8) is 0 Å². The second kappa shape index (κ2) is 6.98. The first-order chi connectivity index (χ1) is 9.70. The molecule has 0 aliphatic carbocycles. The number of aromatic nitrogens is 1. The number of para-hydroxylation sites is 1. The van der Waals surface area contributed by atoms with Crippen LogP contribution in [0.4, 0.5) is 0 Å². The molecule has 3 N–H and O–H groups in total. The van der Waals surface area contributed by atoms with Gasteiger partial charge in [0.25, 0.3) is 5.91 Å². The molecule has 1 aromatic carbocycles. The summed E-state index contributed by atoms with van der Waals surface area (Å²) in [7, 11) is 1.61. The lowest BCUT2D eigenvalue weighted by molar-refractivity contribution is 0.0945. The number of fused-ring (bicyclic) bond motifs is 1. The van der Waals surface area contributed by atoms with Crippen molar-refractivity contribution in [2.75, 3.05) is 20.3 Å². The van der Waals surface area contributed by atoms with E-state index in [1.165, 1.54) is 0 Å². The Morgan fingerprint density at radius 3 is 2.95 bits per heavy atom. The fourth-order valence-corrected chi connectivity index (χ4v) is 1.95. The van der Waals surface area contributed by atoms with Gasteiger partial charge in [0, 0.05) is 25.1 Å². The minimum absolute atomic E-state index is 0.0649. The van der Waals surface area contributed by atoms with E-state index in [9.17, 15) is 4.79 Å². The third-order valence-electron chi connectivity index (χ3n) is 3.01. The van der Waals surface area contributed by atoms with Crippen molar-refractivity contribution < 1.29 is 9.53 Å². The van der Waals surface area contributed by atoms with Crippen molar-refractivity contribution in [1.29, 1.82) is 0 Å². The van der Waals surface area contributed by atoms with Gasteiger partial charge in [-0.2, -0.15) is 0 Å². The maximum absolute atomic E-state index is 12.0. The molecule has 0 spiro atoms. The van der Waals surface area contributed by atoms with Crippen LogP contribution in [0.15, 0.2) is 36.4 Å². The Morgan fingerprint density at radius 2 is 2.15 bits per heavy atom. The molecular formula is C15H19N3O2. The van der Waals surface area contributed by atoms with E-state index in [2.05, 4.69) is 10.3 Å². The number of carbonyl (C=O) groups excluding carboxylic acids is 1. The van der Waals surface area contributed by atoms with Gasteiger partial charge in [-0.1, -0.05) is 24.3 Å². The Bertz CT molecular complexity index is 586. The van der Waals surface area contributed by atoms with Gasteiger partial charge in [0.05, 0.1) is 12.1 Å². The smallest absolute Gasteiger partial charge is 0.269 e. The minimum atomic E-state index is -0.180. The highest BCUT2D eigenvalue weighted by atomic mass is 16.5. The van der Waals surface area contributed by atoms with E-state index >= 15 is 0 Å². The summed E-state index contributed by atoms with van der Waals surface area (Å²) in [6.07, 6.45) is 0.674. The van der Waals surface area contributed by atoms with Gasteiger partial charge in [0.2, 0.25) is 0 Å². The van der Waals surface area contributed by atoms with Gasteiger partial charge in [-0.05, 0) is 18.6 Å². The quantitative estimate of drug-likeness (QED) is 0.832. The Morgan fingerprint density at radius 1 is 1.35 bits per heavy atom. The first-order valence-electron chi connectivity index (χ1n) is 6.59. The SMILES string of the molecule is COCC(N)CCNC(=O)c1ccc2ccccc2n1. The molecule has 5 nitrogen and oxygen atoms in total. The molecule has 1 heterocycles. The first-order valence-corrected chi connectivity index (χ1v) is 6.59. The van der Waals surface area contributed by atoms with E-state index in [0.29, 0.717) is 25.3 Å². The zero-order chi connectivity index (χ0) is 14.4. The molecule has 0 aliphatic heterocycles. The number of ether oxygens (including phenoxy) is 1. The van der Waals surface area contributed by atoms with Crippen molar-refractivity contribution in [3.8, 4) is 0 Å². The number of nitrogens with zero attached hydrogens (tertiary/aromatic N) is 1. The second-order valence-corrected chi connectivity index (χ2v) is 4.65. The van der Waals surface area contributed by atoms with E-state index in [4.69, 9.17) is 10.5 Å². The molecule has 0 aliphatic rings. The number of nitrogens with two attached hydrogens (primary N) is 1. The number of amides is 1. The molecular weight excluding hydrogens is 254 g/mol. The van der Waals surface area contributed by atoms with E-state index in [1.807, 2.05) is 30.3 Å². The highest BCUT2D eigenvalue weighted by Crippen LogP contribution is 2.11. The average Bonchev–Trinajstić information content (AvgIpc) is 2.47. The van der Waals surface area contributed by atoms with Crippen LogP contribution >= 0.6 is 0 Å². The number of methoxy groups -OCH3 is 1. The lowest BCUT2D eigenvalue weighted by atomic mass is 10.2. The zero-order valence-corrected chi connectivity index (χ0v) is 11.5. The first kappa shape index (κ1) is 14.4. The average molecular weight is 273 g/mol. The third kappa shape index (κ3) is 3.76. The normalized spacial score (nSPS) is 12.3. The molecule has 5 heteroatoms. The molecule has 2 rings (SSSR count). The molecule has 1 aromatic heterocycles. The number of hydrogen-bond acceptors (Lipinski definition) is 4. The molecule has 0 radical (unpaired) electrons. The molecule has 0 saturated carbocycles. The van der Waals surface area contributed by atoms with E-state index in [1.54, 1.807) is 13.2 Å². The summed E-state index contributed by atoms with van der Waals surface area (Å²) in [5.74, 6) is -0.180. The molecule has 0 fully saturated rings. The lowest BCUT2D eigenvalue weighted by Gasteiger charge is -2.10. The van der Waals surface area contributed by atoms with Gasteiger partial charge in [-0.25, -0.2) is 4.98 Å². The maximum Gasteiger partial charge on any atom is 0.269 e. The molecule has 1 atom stereocenters. The fraction of sp³-hybridized carbons (Fsp3) is 0.333. The second-order valence-electron chi connectivity index (χ2n) is 4.65. The summed E-state index contributed by atoms with van der Waals surface area (Å²) in [5.41, 5.74) is 7.03. The van der Waals surface area contributed by atoms with Crippen LogP contribution in [0.3, 0.4) is 0 Å². The number of nitrogens with one attached hydrogen (secondary N) is 1. The van der Waals surface area contributed by atoms with E-state index < -0.39 is 0 Å². The number of pyridine rings is 1. The van der Waals surface area contributed by atoms with Crippen LogP contribution in [0.2, 0.25) is 0 Å². The fourth-order valence-electron chi connectivity index (χ4n) is 1.95. The minimum Gasteiger partial charge on any atom is -0.383 e. The maximum atomic E-state index is 12.0. The number of hydrogen-bond donors (Lipinski definition) is 2. The van der Waals surface area contributed by atoms with Gasteiger partial charge in [0.1, 0.15) is 5.69 Å². The van der Waals surface area contributed by atoms with Gasteiger partial charge in [-0.3, -0.25) is 4.79 Å². The molecule has 1 amide bonds. The summed E-state index contributed by atoms with van der Waals surface area (Å²) in [6.45, 7) is 1.00. The summed E-state index contributed by atoms with van der Waals surface area (Å²) in [4.78, 5) is 16.3. The van der Waals surface area contributed by atoms with Crippen molar-refractivity contribution in [3.05, 3.63) is 42.1 Å². The summed E-state index contributed by atoms with van der Waals surface area (Å²) in [6, 6.07) is 11.3. The highest BCUT2D eigenvalue weighted by Gasteiger charge is 2.08. The third-order valence-corrected chi connectivity index (χ3v) is 3.01. The highest BCUT2D eigenvalue weighted by molar-refractivity contribution is 5.94. The Labute approximate surface area is 118 Å². The summed E-state index contributed by atoms with van der Waals surface area (Å²) < 4.78 is 4.94. The molecule has 0 saturated heterocycles. The van der Waals surface area contributed by atoms with Crippen molar-refractivity contribution in [2.24, 2.45) is 5.73 Å². The summed E-state index contributed by atoms with van der Waals surface area (Å²) >= 11 is 0. The van der Waals surface area contributed by atoms with Crippen LogP contribution in [0.25, 0.3) is 10.9 Å². The van der Waals surface area contributed by atoms with Gasteiger partial charge in [0.15, 0.2) is 0 Å². The topological polar surface area (TPSA) is 77.2 Å². The van der Waals surface area contributed by atoms with Gasteiger partial charge < -0.3 is 15.8 Å². The molecule has 2 aromatic rings. The monoisotopic (exact) mass is 273 g/mol. The Kier molecular flexibility index (Phi) is 5.03.